The maximum Gasteiger partial charge on any atom is 0.710 e. The van der Waals surface area contributed by atoms with Gasteiger partial charge in [-0.1, -0.05) is 121 Å². The summed E-state index contributed by atoms with van der Waals surface area (Å²) in [7, 11) is -16.3. The first kappa shape index (κ1) is 67.4. The summed E-state index contributed by atoms with van der Waals surface area (Å²) in [4.78, 5) is 68.8. The molecular weight excluding hydrogens is 1270 g/mol. The largest absolute Gasteiger partial charge is 0.710 e. The van der Waals surface area contributed by atoms with Gasteiger partial charge in [0.2, 0.25) is 0 Å². The van der Waals surface area contributed by atoms with Crippen LogP contribution in [0, 0.1) is 11.6 Å². The van der Waals surface area contributed by atoms with Crippen molar-refractivity contribution in [2.45, 2.75) is 69.8 Å². The lowest BCUT2D eigenvalue weighted by Gasteiger charge is -2.34. The van der Waals surface area contributed by atoms with Gasteiger partial charge in [-0.15, -0.1) is 23.5 Å². The first-order valence-electron chi connectivity index (χ1n) is 26.0. The van der Waals surface area contributed by atoms with Gasteiger partial charge in [0.1, 0.15) is 11.6 Å². The second-order valence-electron chi connectivity index (χ2n) is 20.4. The zero-order valence-electron chi connectivity index (χ0n) is 45.9. The molecule has 2 unspecified atom stereocenters. The van der Waals surface area contributed by atoms with Crippen LogP contribution >= 0.6 is 47.0 Å². The van der Waals surface area contributed by atoms with Gasteiger partial charge in [-0.05, 0) is 153 Å². The molecule has 0 radical (unpaired) electrons. The van der Waals surface area contributed by atoms with Crippen LogP contribution in [0.25, 0.3) is 0 Å². The summed E-state index contributed by atoms with van der Waals surface area (Å²) in [6.45, 7) is 0. The van der Waals surface area contributed by atoms with Gasteiger partial charge < -0.3 is 19.6 Å². The molecule has 0 aromatic heterocycles. The van der Waals surface area contributed by atoms with Gasteiger partial charge in [-0.2, -0.15) is 35.1 Å². The molecule has 8 aromatic carbocycles. The van der Waals surface area contributed by atoms with Crippen LogP contribution in [0.5, 0.6) is 0 Å². The Labute approximate surface area is 506 Å². The monoisotopic (exact) mass is 1320 g/mol. The number of carbonyl (C=O) groups excluding carboxylic acids is 2. The predicted molar refractivity (Wildman–Crippen MR) is 311 cm³/mol. The van der Waals surface area contributed by atoms with Gasteiger partial charge in [0.25, 0.3) is 0 Å². The van der Waals surface area contributed by atoms with Crippen molar-refractivity contribution in [3.63, 3.8) is 0 Å². The fourth-order valence-corrected chi connectivity index (χ4v) is 12.5. The van der Waals surface area contributed by atoms with Crippen molar-refractivity contribution in [3.05, 3.63) is 273 Å². The topological polar surface area (TPSA) is 185 Å². The molecule has 2 atom stereocenters. The number of alkyl halides is 8. The molecule has 0 aliphatic rings. The Bertz CT molecular complexity index is 3680. The quantitative estimate of drug-likeness (QED) is 0.0174. The van der Waals surface area contributed by atoms with Crippen LogP contribution in [-0.4, -0.2) is 43.7 Å². The number of hydrogen-bond donors (Lipinski definition) is 4. The third-order valence-corrected chi connectivity index (χ3v) is 18.9. The van der Waals surface area contributed by atoms with Crippen LogP contribution in [-0.2, 0) is 82.8 Å². The predicted octanol–water partition coefficient (Wildman–Crippen LogP) is 16.6. The van der Waals surface area contributed by atoms with Crippen molar-refractivity contribution in [3.8, 4) is 0 Å². The average Bonchev–Trinajstić information content (AvgIpc) is 0.917. The molecular formula is C62H50F10O11P3S2+. The van der Waals surface area contributed by atoms with E-state index in [1.165, 1.54) is 47.8 Å². The van der Waals surface area contributed by atoms with Crippen LogP contribution in [0.1, 0.15) is 76.4 Å². The number of Topliss-reactive ketones (excluding diaryl/α,β-unsaturated/α-hetero) is 2. The zero-order chi connectivity index (χ0) is 64.3. The van der Waals surface area contributed by atoms with E-state index in [4.69, 9.17) is 0 Å². The van der Waals surface area contributed by atoms with Crippen LogP contribution in [0.2, 0.25) is 0 Å². The van der Waals surface area contributed by atoms with Gasteiger partial charge in [0.15, 0.2) is 11.6 Å². The summed E-state index contributed by atoms with van der Waals surface area (Å²) in [5.41, 5.74) is -15.9. The van der Waals surface area contributed by atoms with Gasteiger partial charge in [-0.25, -0.2) is 8.78 Å². The highest BCUT2D eigenvalue weighted by molar-refractivity contribution is 7.98. The van der Waals surface area contributed by atoms with E-state index in [-0.39, 0.29) is 59.1 Å². The molecule has 0 heterocycles. The van der Waals surface area contributed by atoms with E-state index < -0.39 is 103 Å². The number of ketones is 2. The Hall–Kier alpha value is -6.58. The second-order valence-corrected chi connectivity index (χ2v) is 26.3. The molecule has 11 nitrogen and oxygen atoms in total. The molecule has 88 heavy (non-hydrogen) atoms. The number of benzene rings is 8. The molecule has 0 saturated carbocycles. The lowest BCUT2D eigenvalue weighted by atomic mass is 9.67. The maximum atomic E-state index is 15.9. The van der Waals surface area contributed by atoms with Crippen LogP contribution in [0.3, 0.4) is 0 Å². The van der Waals surface area contributed by atoms with Crippen LogP contribution in [0.15, 0.2) is 204 Å². The highest BCUT2D eigenvalue weighted by Crippen LogP contribution is 2.60. The Morgan fingerprint density at radius 1 is 0.420 bits per heavy atom. The molecule has 0 spiro atoms. The number of carbonyl (C=O) groups is 2. The van der Waals surface area contributed by atoms with Gasteiger partial charge in [0.05, 0.1) is 22.0 Å². The minimum absolute atomic E-state index is 0.142. The van der Waals surface area contributed by atoms with E-state index in [0.29, 0.717) is 11.1 Å². The van der Waals surface area contributed by atoms with E-state index in [1.807, 2.05) is 0 Å². The van der Waals surface area contributed by atoms with Crippen molar-refractivity contribution >= 4 is 58.5 Å². The normalized spacial score (nSPS) is 14.2. The smallest absolute Gasteiger partial charge is 0.320 e. The summed E-state index contributed by atoms with van der Waals surface area (Å²) < 4.78 is 197. The number of rotatable bonds is 26. The van der Waals surface area contributed by atoms with Gasteiger partial charge in [0, 0.05) is 36.6 Å². The maximum absolute atomic E-state index is 15.9. The molecule has 26 heteroatoms. The Kier molecular flexibility index (Phi) is 20.3. The van der Waals surface area contributed by atoms with E-state index in [2.05, 4.69) is 9.05 Å². The van der Waals surface area contributed by atoms with Crippen molar-refractivity contribution in [2.75, 3.05) is 12.5 Å². The number of hydrogen-bond acceptors (Lipinski definition) is 9. The van der Waals surface area contributed by atoms with E-state index in [9.17, 15) is 69.2 Å². The fraction of sp³-hybridized carbons (Fsp3) is 0.194. The molecule has 0 bridgehead atoms. The second kappa shape index (κ2) is 26.5. The summed E-state index contributed by atoms with van der Waals surface area (Å²) in [6, 6.07) is 37.6. The first-order valence-corrected chi connectivity index (χ1v) is 32.8. The summed E-state index contributed by atoms with van der Waals surface area (Å²) in [5.74, 6) is -3.01. The average molecular weight is 1320 g/mol. The Balaban J connectivity index is 1.06. The van der Waals surface area contributed by atoms with E-state index >= 15 is 17.6 Å². The lowest BCUT2D eigenvalue weighted by Crippen LogP contribution is -2.41. The van der Waals surface area contributed by atoms with Gasteiger partial charge in [-0.3, -0.25) is 18.7 Å². The molecule has 8 aromatic rings. The standard InChI is InChI=1S/C62H49F10O11P3S2/c1-87-53-29-25-45(26-30-53)57(55(73)43-5-3-7-51(63)33-43,37-41-13-21-49(22-14-41)61(69,70)85(76,77)78)35-39-9-17-47(18-10-39)59(65,66)82-84(75)83-60(67,68)48-19-11-40(12-20-48)36-58(46-27-31-54(88-2)32-28-46,56(74)44-6-4-8-52(64)34-44)38-42-15-23-50(24-16-42)62(71,72)86(79,80)81/h3-34H,35-38H2,1-2H3,(H3-,76,77,78,79,80,81)/p+1. The third kappa shape index (κ3) is 14.8. The van der Waals surface area contributed by atoms with Crippen LogP contribution in [0.4, 0.5) is 43.9 Å². The molecule has 0 aliphatic heterocycles. The minimum atomic E-state index is -5.98. The molecule has 0 saturated heterocycles. The molecule has 0 fully saturated rings. The Morgan fingerprint density at radius 2 is 0.682 bits per heavy atom. The highest BCUT2D eigenvalue weighted by Gasteiger charge is 2.54. The lowest BCUT2D eigenvalue weighted by molar-refractivity contribution is -0.220. The summed E-state index contributed by atoms with van der Waals surface area (Å²) >= 11 is 2.70. The number of halogens is 10. The first-order chi connectivity index (χ1) is 41.2. The van der Waals surface area contributed by atoms with Crippen molar-refractivity contribution in [1.82, 2.24) is 0 Å². The molecule has 0 amide bonds. The van der Waals surface area contributed by atoms with E-state index in [1.54, 1.807) is 61.0 Å². The van der Waals surface area contributed by atoms with Crippen LogP contribution < -0.4 is 0 Å². The minimum Gasteiger partial charge on any atom is -0.320 e. The van der Waals surface area contributed by atoms with Gasteiger partial charge >= 0.3 is 47.0 Å². The van der Waals surface area contributed by atoms with Crippen molar-refractivity contribution in [1.29, 1.82) is 0 Å². The highest BCUT2D eigenvalue weighted by atomic mass is 32.2. The van der Waals surface area contributed by atoms with E-state index in [0.717, 1.165) is 131 Å². The molecule has 8 rings (SSSR count). The number of thioether (sulfide) groups is 2. The summed E-state index contributed by atoms with van der Waals surface area (Å²) in [6.07, 6.45) is -7.02. The van der Waals surface area contributed by atoms with Crippen molar-refractivity contribution < 1.29 is 95.8 Å². The molecule has 0 aliphatic carbocycles. The summed E-state index contributed by atoms with van der Waals surface area (Å²) in [5, 5.41) is 0. The SMILES string of the molecule is CSc1ccc(C(Cc2ccc(C(F)(F)O[P+](=O)OC(F)(F)c3ccc(CC(Cc4ccc(C(F)(F)P(=O)(O)O)cc4)(C(=O)c4cccc(F)c4)c4ccc(SC)cc4)cc3)cc2)(Cc2ccc(C(F)(F)P(=O)(O)O)cc2)C(=O)c2cccc(F)c2)cc1. The zero-order valence-corrected chi connectivity index (χ0v) is 50.2. The van der Waals surface area contributed by atoms with Crippen molar-refractivity contribution in [2.24, 2.45) is 0 Å². The molecule has 460 valence electrons. The third-order valence-electron chi connectivity index (χ3n) is 14.6. The fourth-order valence-electron chi connectivity index (χ4n) is 10.1. The Morgan fingerprint density at radius 3 is 0.932 bits per heavy atom. The molecule has 4 N–H and O–H groups in total.